The van der Waals surface area contributed by atoms with Crippen LogP contribution in [0.25, 0.3) is 0 Å². The quantitative estimate of drug-likeness (QED) is 0.644. The molecule has 0 spiro atoms. The second-order valence-electron chi connectivity index (χ2n) is 5.64. The number of guanidine groups is 1. The normalized spacial score (nSPS) is 20.8. The maximum atomic E-state index is 12.7. The monoisotopic (exact) mass is 334 g/mol. The number of aromatic nitrogens is 2. The van der Waals surface area contributed by atoms with E-state index < -0.39 is 20.8 Å². The molecule has 0 bridgehead atoms. The molecule has 0 saturated carbocycles. The summed E-state index contributed by atoms with van der Waals surface area (Å²) in [6.45, 7) is 3.25. The predicted octanol–water partition coefficient (Wildman–Crippen LogP) is 0.492. The number of nitrogens with zero attached hydrogens (tertiary/aromatic N) is 2. The Labute approximate surface area is 133 Å². The Kier molecular flexibility index (Phi) is 3.42. The summed E-state index contributed by atoms with van der Waals surface area (Å²) in [5.41, 5.74) is 11.7. The van der Waals surface area contributed by atoms with Crippen LogP contribution in [0, 0.1) is 0 Å². The molecule has 2 heterocycles. The largest absolute Gasteiger partial charge is 0.370 e. The Morgan fingerprint density at radius 1 is 1.22 bits per heavy atom. The van der Waals surface area contributed by atoms with Crippen LogP contribution in [0.15, 0.2) is 40.4 Å². The Morgan fingerprint density at radius 2 is 1.91 bits per heavy atom. The first-order valence-electron chi connectivity index (χ1n) is 7.05. The van der Waals surface area contributed by atoms with Crippen LogP contribution >= 0.6 is 0 Å². The summed E-state index contributed by atoms with van der Waals surface area (Å²) in [5, 5.41) is 8.92. The Morgan fingerprint density at radius 3 is 2.61 bits per heavy atom. The first-order valence-corrected chi connectivity index (χ1v) is 8.60. The Balaban J connectivity index is 2.30. The molecule has 0 saturated heterocycles. The fraction of sp³-hybridized carbons (Fsp3) is 0.286. The summed E-state index contributed by atoms with van der Waals surface area (Å²) in [5.74, 6) is 0.581. The van der Waals surface area contributed by atoms with Gasteiger partial charge in [0.15, 0.2) is 21.5 Å². The molecule has 9 heteroatoms. The van der Waals surface area contributed by atoms with Crippen molar-refractivity contribution in [3.63, 3.8) is 0 Å². The lowest BCUT2D eigenvalue weighted by Crippen LogP contribution is -2.44. The van der Waals surface area contributed by atoms with Crippen LogP contribution < -0.4 is 16.8 Å². The number of aromatic amines is 1. The van der Waals surface area contributed by atoms with Crippen molar-refractivity contribution in [3.8, 4) is 0 Å². The van der Waals surface area contributed by atoms with E-state index in [-0.39, 0.29) is 10.9 Å². The first kappa shape index (κ1) is 15.5. The maximum absolute atomic E-state index is 12.7. The number of hydrogen-bond donors (Lipinski definition) is 4. The van der Waals surface area contributed by atoms with Gasteiger partial charge >= 0.3 is 0 Å². The van der Waals surface area contributed by atoms with E-state index in [1.54, 1.807) is 32.0 Å². The van der Waals surface area contributed by atoms with E-state index in [1.165, 1.54) is 12.3 Å². The molecule has 0 aliphatic carbocycles. The summed E-state index contributed by atoms with van der Waals surface area (Å²) < 4.78 is 25.4. The lowest BCUT2D eigenvalue weighted by molar-refractivity contribution is 0.544. The number of sulfone groups is 1. The van der Waals surface area contributed by atoms with Crippen LogP contribution in [0.3, 0.4) is 0 Å². The van der Waals surface area contributed by atoms with Crippen LogP contribution in [0.5, 0.6) is 0 Å². The SMILES string of the molecule is CC(C)S(=O)(=O)c1ccccc1C1(N)N=C(N)Nc2[nH]ncc21. The van der Waals surface area contributed by atoms with Crippen LogP contribution in [-0.4, -0.2) is 29.8 Å². The number of rotatable bonds is 3. The third-order valence-corrected chi connectivity index (χ3v) is 6.03. The van der Waals surface area contributed by atoms with E-state index >= 15 is 0 Å². The summed E-state index contributed by atoms with van der Waals surface area (Å²) in [7, 11) is -3.54. The highest BCUT2D eigenvalue weighted by molar-refractivity contribution is 7.92. The van der Waals surface area contributed by atoms with Gasteiger partial charge in [-0.2, -0.15) is 5.10 Å². The molecule has 3 rings (SSSR count). The summed E-state index contributed by atoms with van der Waals surface area (Å²) >= 11 is 0. The van der Waals surface area contributed by atoms with Gasteiger partial charge in [0.2, 0.25) is 0 Å². The molecule has 1 unspecified atom stereocenters. The number of hydrogen-bond acceptors (Lipinski definition) is 7. The molecule has 1 atom stereocenters. The molecule has 1 aromatic carbocycles. The predicted molar refractivity (Wildman–Crippen MR) is 87.6 cm³/mol. The third-order valence-electron chi connectivity index (χ3n) is 3.82. The molecule has 122 valence electrons. The van der Waals surface area contributed by atoms with Crippen molar-refractivity contribution in [2.75, 3.05) is 5.32 Å². The average molecular weight is 334 g/mol. The van der Waals surface area contributed by atoms with Crippen molar-refractivity contribution >= 4 is 21.6 Å². The van der Waals surface area contributed by atoms with Gasteiger partial charge < -0.3 is 11.1 Å². The molecule has 8 nitrogen and oxygen atoms in total. The molecule has 1 aromatic heterocycles. The molecule has 6 N–H and O–H groups in total. The van der Waals surface area contributed by atoms with Gasteiger partial charge in [-0.05, 0) is 19.9 Å². The van der Waals surface area contributed by atoms with Crippen molar-refractivity contribution < 1.29 is 8.42 Å². The Bertz CT molecular complexity index is 886. The van der Waals surface area contributed by atoms with Crippen molar-refractivity contribution in [2.45, 2.75) is 29.7 Å². The molecule has 0 radical (unpaired) electrons. The average Bonchev–Trinajstić information content (AvgIpc) is 2.96. The highest BCUT2D eigenvalue weighted by Gasteiger charge is 2.40. The molecule has 1 aliphatic rings. The number of benzene rings is 1. The Hall–Kier alpha value is -2.39. The van der Waals surface area contributed by atoms with Gasteiger partial charge in [0.25, 0.3) is 0 Å². The maximum Gasteiger partial charge on any atom is 0.196 e. The molecular weight excluding hydrogens is 316 g/mol. The van der Waals surface area contributed by atoms with Gasteiger partial charge in [0.1, 0.15) is 5.82 Å². The van der Waals surface area contributed by atoms with E-state index in [0.29, 0.717) is 16.9 Å². The number of anilines is 1. The van der Waals surface area contributed by atoms with Gasteiger partial charge in [0, 0.05) is 5.56 Å². The van der Waals surface area contributed by atoms with E-state index in [1.807, 2.05) is 0 Å². The van der Waals surface area contributed by atoms with E-state index in [9.17, 15) is 8.42 Å². The highest BCUT2D eigenvalue weighted by atomic mass is 32.2. The third kappa shape index (κ3) is 2.28. The zero-order chi connectivity index (χ0) is 16.8. The van der Waals surface area contributed by atoms with E-state index in [2.05, 4.69) is 20.5 Å². The van der Waals surface area contributed by atoms with Crippen LogP contribution in [-0.2, 0) is 15.5 Å². The van der Waals surface area contributed by atoms with E-state index in [0.717, 1.165) is 0 Å². The number of nitrogens with one attached hydrogen (secondary N) is 2. The summed E-state index contributed by atoms with van der Waals surface area (Å²) in [4.78, 5) is 4.41. The molecule has 2 aromatic rings. The minimum Gasteiger partial charge on any atom is -0.370 e. The fourth-order valence-electron chi connectivity index (χ4n) is 2.57. The standard InChI is InChI=1S/C14H18N6O2S/c1-8(2)23(21,22)11-6-4-3-5-9(11)14(16)10-7-17-20-12(10)18-13(15)19-14/h3-8H,16H2,1-2H3,(H4,15,17,18,19,20). The van der Waals surface area contributed by atoms with Gasteiger partial charge in [0.05, 0.1) is 21.9 Å². The number of nitrogens with two attached hydrogens (primary N) is 2. The van der Waals surface area contributed by atoms with Crippen molar-refractivity contribution in [1.29, 1.82) is 0 Å². The van der Waals surface area contributed by atoms with Crippen LogP contribution in [0.2, 0.25) is 0 Å². The van der Waals surface area contributed by atoms with Gasteiger partial charge in [-0.15, -0.1) is 0 Å². The second kappa shape index (κ2) is 5.07. The molecule has 23 heavy (non-hydrogen) atoms. The lowest BCUT2D eigenvalue weighted by Gasteiger charge is -2.31. The molecular formula is C14H18N6O2S. The highest BCUT2D eigenvalue weighted by Crippen LogP contribution is 2.38. The minimum atomic E-state index is -3.54. The number of H-pyrrole nitrogens is 1. The molecule has 0 amide bonds. The van der Waals surface area contributed by atoms with Gasteiger partial charge in [-0.25, -0.2) is 13.4 Å². The summed E-state index contributed by atoms with van der Waals surface area (Å²) in [6, 6.07) is 6.56. The second-order valence-corrected chi connectivity index (χ2v) is 8.11. The van der Waals surface area contributed by atoms with Crippen LogP contribution in [0.1, 0.15) is 25.0 Å². The topological polar surface area (TPSA) is 139 Å². The zero-order valence-electron chi connectivity index (χ0n) is 12.7. The summed E-state index contributed by atoms with van der Waals surface area (Å²) in [6.07, 6.45) is 1.51. The smallest absolute Gasteiger partial charge is 0.196 e. The zero-order valence-corrected chi connectivity index (χ0v) is 13.6. The molecule has 1 aliphatic heterocycles. The minimum absolute atomic E-state index is 0.0843. The van der Waals surface area contributed by atoms with Gasteiger partial charge in [-0.1, -0.05) is 18.2 Å². The van der Waals surface area contributed by atoms with Crippen molar-refractivity contribution in [1.82, 2.24) is 10.2 Å². The number of aliphatic imine (C=N–C) groups is 1. The molecule has 0 fully saturated rings. The van der Waals surface area contributed by atoms with Crippen LogP contribution in [0.4, 0.5) is 5.82 Å². The van der Waals surface area contributed by atoms with Gasteiger partial charge in [-0.3, -0.25) is 10.8 Å². The fourth-order valence-corrected chi connectivity index (χ4v) is 3.87. The number of fused-ring (bicyclic) bond motifs is 1. The first-order chi connectivity index (χ1) is 10.8. The van der Waals surface area contributed by atoms with Crippen molar-refractivity contribution in [2.24, 2.45) is 16.5 Å². The van der Waals surface area contributed by atoms with E-state index in [4.69, 9.17) is 11.5 Å². The lowest BCUT2D eigenvalue weighted by atomic mass is 9.93. The van der Waals surface area contributed by atoms with Crippen molar-refractivity contribution in [3.05, 3.63) is 41.6 Å².